The third-order valence-electron chi connectivity index (χ3n) is 2.79. The lowest BCUT2D eigenvalue weighted by Gasteiger charge is -2.05. The van der Waals surface area contributed by atoms with Gasteiger partial charge >= 0.3 is 0 Å². The monoisotopic (exact) mass is 240 g/mol. The molecule has 0 aromatic carbocycles. The molecule has 1 N–H and O–H groups in total. The average molecular weight is 240 g/mol. The van der Waals surface area contributed by atoms with Crippen molar-refractivity contribution in [1.29, 1.82) is 0 Å². The van der Waals surface area contributed by atoms with Crippen molar-refractivity contribution in [2.24, 2.45) is 0 Å². The largest absolute Gasteiger partial charge is 0.319 e. The normalized spacial score (nSPS) is 12.9. The summed E-state index contributed by atoms with van der Waals surface area (Å²) in [5.41, 5.74) is 1.29. The molecule has 0 saturated carbocycles. The van der Waals surface area contributed by atoms with Gasteiger partial charge in [-0.15, -0.1) is 11.3 Å². The van der Waals surface area contributed by atoms with Crippen LogP contribution in [0.1, 0.15) is 56.2 Å². The maximum atomic E-state index is 4.70. The number of nitrogens with zero attached hydrogens (tertiary/aromatic N) is 1. The summed E-state index contributed by atoms with van der Waals surface area (Å²) in [5, 5.41) is 6.71. The van der Waals surface area contributed by atoms with Gasteiger partial charge in [-0.3, -0.25) is 0 Å². The molecule has 1 heterocycles. The Morgan fingerprint density at radius 3 is 2.88 bits per heavy atom. The molecular weight excluding hydrogens is 216 g/mol. The van der Waals surface area contributed by atoms with E-state index in [0.717, 1.165) is 13.0 Å². The average Bonchev–Trinajstić information content (AvgIpc) is 2.73. The third kappa shape index (κ3) is 4.62. The summed E-state index contributed by atoms with van der Waals surface area (Å²) in [5.74, 6) is 0.541. The number of nitrogens with one attached hydrogen (secondary N) is 1. The Kier molecular flexibility index (Phi) is 6.65. The number of unbranched alkanes of at least 4 members (excludes halogenated alkanes) is 3. The summed E-state index contributed by atoms with van der Waals surface area (Å²) in [6.07, 6.45) is 6.45. The van der Waals surface area contributed by atoms with Gasteiger partial charge in [-0.05, 0) is 19.9 Å². The van der Waals surface area contributed by atoms with Crippen LogP contribution in [0.5, 0.6) is 0 Å². The van der Waals surface area contributed by atoms with Gasteiger partial charge in [-0.25, -0.2) is 4.98 Å². The SMILES string of the molecule is CCCCCCc1csc(C(C)CNC)n1. The Morgan fingerprint density at radius 2 is 2.19 bits per heavy atom. The van der Waals surface area contributed by atoms with E-state index in [2.05, 4.69) is 24.5 Å². The van der Waals surface area contributed by atoms with Crippen molar-refractivity contribution in [3.8, 4) is 0 Å². The Balaban J connectivity index is 2.33. The first kappa shape index (κ1) is 13.7. The fraction of sp³-hybridized carbons (Fsp3) is 0.769. The molecule has 0 spiro atoms. The molecular formula is C13H24N2S. The van der Waals surface area contributed by atoms with Crippen molar-refractivity contribution >= 4 is 11.3 Å². The van der Waals surface area contributed by atoms with E-state index in [0.29, 0.717) is 5.92 Å². The molecule has 0 bridgehead atoms. The van der Waals surface area contributed by atoms with Crippen LogP contribution in [0.3, 0.4) is 0 Å². The zero-order valence-electron chi connectivity index (χ0n) is 10.8. The van der Waals surface area contributed by atoms with Gasteiger partial charge in [0.1, 0.15) is 0 Å². The van der Waals surface area contributed by atoms with Gasteiger partial charge in [-0.1, -0.05) is 33.1 Å². The topological polar surface area (TPSA) is 24.9 Å². The van der Waals surface area contributed by atoms with Crippen LogP contribution < -0.4 is 5.32 Å². The Bertz CT molecular complexity index is 283. The molecule has 1 unspecified atom stereocenters. The zero-order valence-corrected chi connectivity index (χ0v) is 11.6. The van der Waals surface area contributed by atoms with Crippen molar-refractivity contribution in [1.82, 2.24) is 10.3 Å². The minimum absolute atomic E-state index is 0.541. The molecule has 0 aliphatic carbocycles. The molecule has 0 aliphatic rings. The predicted molar refractivity (Wildman–Crippen MR) is 72.3 cm³/mol. The number of thiazole rings is 1. The number of likely N-dealkylation sites (N-methyl/N-ethyl adjacent to an activating group) is 1. The molecule has 0 aliphatic heterocycles. The molecule has 16 heavy (non-hydrogen) atoms. The van der Waals surface area contributed by atoms with Crippen LogP contribution in [0, 0.1) is 0 Å². The van der Waals surface area contributed by atoms with Crippen molar-refractivity contribution in [3.63, 3.8) is 0 Å². The first-order valence-electron chi connectivity index (χ1n) is 6.36. The number of hydrogen-bond acceptors (Lipinski definition) is 3. The number of hydrogen-bond donors (Lipinski definition) is 1. The van der Waals surface area contributed by atoms with E-state index >= 15 is 0 Å². The van der Waals surface area contributed by atoms with Crippen LogP contribution >= 0.6 is 11.3 Å². The number of aryl methyl sites for hydroxylation is 1. The maximum absolute atomic E-state index is 4.70. The highest BCUT2D eigenvalue weighted by Crippen LogP contribution is 2.20. The van der Waals surface area contributed by atoms with Crippen molar-refractivity contribution in [2.45, 2.75) is 51.9 Å². The van der Waals surface area contributed by atoms with E-state index in [1.165, 1.54) is 36.4 Å². The molecule has 2 nitrogen and oxygen atoms in total. The quantitative estimate of drug-likeness (QED) is 0.702. The maximum Gasteiger partial charge on any atom is 0.0969 e. The van der Waals surface area contributed by atoms with Gasteiger partial charge in [0.25, 0.3) is 0 Å². The predicted octanol–water partition coefficient (Wildman–Crippen LogP) is 3.59. The summed E-state index contributed by atoms with van der Waals surface area (Å²) in [4.78, 5) is 4.70. The molecule has 92 valence electrons. The molecule has 1 rings (SSSR count). The summed E-state index contributed by atoms with van der Waals surface area (Å²) >= 11 is 1.81. The van der Waals surface area contributed by atoms with E-state index < -0.39 is 0 Å². The second-order valence-electron chi connectivity index (χ2n) is 4.45. The first-order valence-corrected chi connectivity index (χ1v) is 7.24. The molecule has 1 aromatic rings. The van der Waals surface area contributed by atoms with Crippen molar-refractivity contribution < 1.29 is 0 Å². The van der Waals surface area contributed by atoms with E-state index in [-0.39, 0.29) is 0 Å². The highest BCUT2D eigenvalue weighted by Gasteiger charge is 2.09. The van der Waals surface area contributed by atoms with Gasteiger partial charge in [-0.2, -0.15) is 0 Å². The lowest BCUT2D eigenvalue weighted by molar-refractivity contribution is 0.651. The summed E-state index contributed by atoms with van der Waals surface area (Å²) in [6.45, 7) is 5.50. The lowest BCUT2D eigenvalue weighted by Crippen LogP contribution is -2.14. The van der Waals surface area contributed by atoms with Crippen LogP contribution in [0.25, 0.3) is 0 Å². The van der Waals surface area contributed by atoms with Gasteiger partial charge in [0.2, 0.25) is 0 Å². The molecule has 0 saturated heterocycles. The number of aromatic nitrogens is 1. The van der Waals surface area contributed by atoms with Gasteiger partial charge in [0.15, 0.2) is 0 Å². The van der Waals surface area contributed by atoms with E-state index in [1.807, 2.05) is 18.4 Å². The van der Waals surface area contributed by atoms with Gasteiger partial charge in [0, 0.05) is 17.8 Å². The van der Waals surface area contributed by atoms with E-state index in [9.17, 15) is 0 Å². The van der Waals surface area contributed by atoms with Crippen molar-refractivity contribution in [3.05, 3.63) is 16.1 Å². The third-order valence-corrected chi connectivity index (χ3v) is 3.91. The molecule has 1 aromatic heterocycles. The van der Waals surface area contributed by atoms with Gasteiger partial charge < -0.3 is 5.32 Å². The molecule has 0 radical (unpaired) electrons. The summed E-state index contributed by atoms with van der Waals surface area (Å²) < 4.78 is 0. The second-order valence-corrected chi connectivity index (χ2v) is 5.34. The number of rotatable bonds is 8. The standard InChI is InChI=1S/C13H24N2S/c1-4-5-6-7-8-12-10-16-13(15-12)11(2)9-14-3/h10-11,14H,4-9H2,1-3H3. The minimum Gasteiger partial charge on any atom is -0.319 e. The highest BCUT2D eigenvalue weighted by atomic mass is 32.1. The Hall–Kier alpha value is -0.410. The summed E-state index contributed by atoms with van der Waals surface area (Å²) in [6, 6.07) is 0. The Morgan fingerprint density at radius 1 is 1.38 bits per heavy atom. The first-order chi connectivity index (χ1) is 7.77. The van der Waals surface area contributed by atoms with Crippen LogP contribution in [-0.4, -0.2) is 18.6 Å². The minimum atomic E-state index is 0.541. The second kappa shape index (κ2) is 7.80. The highest BCUT2D eigenvalue weighted by molar-refractivity contribution is 7.09. The van der Waals surface area contributed by atoms with E-state index in [1.54, 1.807) is 0 Å². The Labute approximate surface area is 103 Å². The van der Waals surface area contributed by atoms with E-state index in [4.69, 9.17) is 4.98 Å². The van der Waals surface area contributed by atoms with Gasteiger partial charge in [0.05, 0.1) is 10.7 Å². The molecule has 1 atom stereocenters. The fourth-order valence-corrected chi connectivity index (χ4v) is 2.70. The zero-order chi connectivity index (χ0) is 11.8. The van der Waals surface area contributed by atoms with Crippen LogP contribution in [-0.2, 0) is 6.42 Å². The molecule has 0 amide bonds. The van der Waals surface area contributed by atoms with Crippen molar-refractivity contribution in [2.75, 3.05) is 13.6 Å². The molecule has 3 heteroatoms. The van der Waals surface area contributed by atoms with Crippen LogP contribution in [0.15, 0.2) is 5.38 Å². The summed E-state index contributed by atoms with van der Waals surface area (Å²) in [7, 11) is 2.00. The molecule has 0 fully saturated rings. The van der Waals surface area contributed by atoms with Crippen LogP contribution in [0.2, 0.25) is 0 Å². The smallest absolute Gasteiger partial charge is 0.0969 e. The lowest BCUT2D eigenvalue weighted by atomic mass is 10.1. The fourth-order valence-electron chi connectivity index (χ4n) is 1.79. The van der Waals surface area contributed by atoms with Crippen LogP contribution in [0.4, 0.5) is 0 Å².